The molecule has 3 N–H and O–H groups in total. The maximum Gasteiger partial charge on any atom is 0.337 e. The van der Waals surface area contributed by atoms with Crippen LogP contribution in [0.5, 0.6) is 0 Å². The second-order valence-electron chi connectivity index (χ2n) is 3.98. The summed E-state index contributed by atoms with van der Waals surface area (Å²) in [5.41, 5.74) is 0.441. The van der Waals surface area contributed by atoms with Gasteiger partial charge in [0.05, 0.1) is 17.4 Å². The minimum atomic E-state index is -1.07. The number of aromatic carboxylic acids is 1. The van der Waals surface area contributed by atoms with Gasteiger partial charge in [-0.3, -0.25) is 9.78 Å². The van der Waals surface area contributed by atoms with Crippen molar-refractivity contribution in [2.75, 3.05) is 11.9 Å². The number of amides is 1. The smallest absolute Gasteiger partial charge is 0.337 e. The van der Waals surface area contributed by atoms with Crippen LogP contribution >= 0.6 is 0 Å². The summed E-state index contributed by atoms with van der Waals surface area (Å²) in [6.07, 6.45) is 2.98. The van der Waals surface area contributed by atoms with Gasteiger partial charge in [-0.05, 0) is 19.5 Å². The summed E-state index contributed by atoms with van der Waals surface area (Å²) in [7, 11) is 0. The number of anilines is 1. The highest BCUT2D eigenvalue weighted by molar-refractivity contribution is 5.93. The topological polar surface area (TPSA) is 91.3 Å². The lowest BCUT2D eigenvalue weighted by atomic mass is 10.2. The third-order valence-electron chi connectivity index (χ3n) is 2.31. The number of hydrogen-bond donors (Lipinski definition) is 3. The Labute approximate surface area is 105 Å². The molecular formula is C12H17N3O3. The molecule has 0 aliphatic heterocycles. The molecule has 18 heavy (non-hydrogen) atoms. The zero-order valence-corrected chi connectivity index (χ0v) is 10.4. The van der Waals surface area contributed by atoms with Gasteiger partial charge in [0.2, 0.25) is 5.91 Å². The first-order chi connectivity index (χ1) is 8.52. The van der Waals surface area contributed by atoms with Gasteiger partial charge in [-0.2, -0.15) is 0 Å². The van der Waals surface area contributed by atoms with Crippen molar-refractivity contribution in [3.63, 3.8) is 0 Å². The van der Waals surface area contributed by atoms with Crippen LogP contribution < -0.4 is 10.6 Å². The highest BCUT2D eigenvalue weighted by Gasteiger charge is 2.10. The van der Waals surface area contributed by atoms with Crippen molar-refractivity contribution < 1.29 is 14.7 Å². The van der Waals surface area contributed by atoms with Crippen LogP contribution in [0, 0.1) is 0 Å². The number of nitrogens with zero attached hydrogens (tertiary/aromatic N) is 1. The third-order valence-corrected chi connectivity index (χ3v) is 2.31. The van der Waals surface area contributed by atoms with Gasteiger partial charge in [-0.1, -0.05) is 6.92 Å². The summed E-state index contributed by atoms with van der Waals surface area (Å²) in [5, 5.41) is 14.5. The average molecular weight is 251 g/mol. The zero-order chi connectivity index (χ0) is 13.5. The van der Waals surface area contributed by atoms with Crippen LogP contribution in [0.4, 0.5) is 5.69 Å². The molecule has 6 heteroatoms. The van der Waals surface area contributed by atoms with Gasteiger partial charge >= 0.3 is 5.97 Å². The van der Waals surface area contributed by atoms with Crippen LogP contribution in [0.2, 0.25) is 0 Å². The molecule has 0 saturated heterocycles. The SMILES string of the molecule is CCNC(C)CC(=O)Nc1cncc(C(=O)O)c1. The molecule has 1 atom stereocenters. The zero-order valence-electron chi connectivity index (χ0n) is 10.4. The van der Waals surface area contributed by atoms with E-state index in [-0.39, 0.29) is 17.5 Å². The summed E-state index contributed by atoms with van der Waals surface area (Å²) in [6.45, 7) is 4.67. The lowest BCUT2D eigenvalue weighted by molar-refractivity contribution is -0.116. The van der Waals surface area contributed by atoms with Crippen molar-refractivity contribution in [3.05, 3.63) is 24.0 Å². The van der Waals surface area contributed by atoms with Gasteiger partial charge < -0.3 is 15.7 Å². The standard InChI is InChI=1S/C12H17N3O3/c1-3-14-8(2)4-11(16)15-10-5-9(12(17)18)6-13-7-10/h5-8,14H,3-4H2,1-2H3,(H,15,16)(H,17,18). The number of pyridine rings is 1. The fourth-order valence-corrected chi connectivity index (χ4v) is 1.54. The number of aromatic nitrogens is 1. The predicted molar refractivity (Wildman–Crippen MR) is 67.6 cm³/mol. The molecule has 1 aromatic heterocycles. The fourth-order valence-electron chi connectivity index (χ4n) is 1.54. The first-order valence-electron chi connectivity index (χ1n) is 5.74. The molecule has 0 aliphatic carbocycles. The van der Waals surface area contributed by atoms with E-state index < -0.39 is 5.97 Å². The molecule has 1 unspecified atom stereocenters. The Kier molecular flexibility index (Phi) is 5.26. The Morgan fingerprint density at radius 3 is 2.78 bits per heavy atom. The summed E-state index contributed by atoms with van der Waals surface area (Å²) < 4.78 is 0. The molecule has 0 aromatic carbocycles. The van der Waals surface area contributed by atoms with E-state index in [1.165, 1.54) is 18.5 Å². The maximum absolute atomic E-state index is 11.7. The minimum absolute atomic E-state index is 0.0486. The number of carboxylic acid groups (broad SMARTS) is 1. The Morgan fingerprint density at radius 2 is 2.17 bits per heavy atom. The number of carbonyl (C=O) groups is 2. The third kappa shape index (κ3) is 4.50. The van der Waals surface area contributed by atoms with Crippen LogP contribution in [0.1, 0.15) is 30.6 Å². The fraction of sp³-hybridized carbons (Fsp3) is 0.417. The maximum atomic E-state index is 11.7. The van der Waals surface area contributed by atoms with E-state index >= 15 is 0 Å². The van der Waals surface area contributed by atoms with Crippen LogP contribution in [0.25, 0.3) is 0 Å². The van der Waals surface area contributed by atoms with E-state index in [1.807, 2.05) is 13.8 Å². The number of rotatable bonds is 6. The normalized spacial score (nSPS) is 11.9. The summed E-state index contributed by atoms with van der Waals surface area (Å²) >= 11 is 0. The van der Waals surface area contributed by atoms with Crippen molar-refractivity contribution in [3.8, 4) is 0 Å². The number of carbonyl (C=O) groups excluding carboxylic acids is 1. The van der Waals surface area contributed by atoms with Gasteiger partial charge in [-0.25, -0.2) is 4.79 Å². The van der Waals surface area contributed by atoms with E-state index in [0.717, 1.165) is 6.54 Å². The lowest BCUT2D eigenvalue weighted by Gasteiger charge is -2.12. The average Bonchev–Trinajstić information content (AvgIpc) is 2.29. The monoisotopic (exact) mass is 251 g/mol. The Hall–Kier alpha value is -1.95. The van der Waals surface area contributed by atoms with E-state index in [4.69, 9.17) is 5.11 Å². The molecule has 0 fully saturated rings. The van der Waals surface area contributed by atoms with Crippen molar-refractivity contribution in [2.24, 2.45) is 0 Å². The Morgan fingerprint density at radius 1 is 1.44 bits per heavy atom. The number of nitrogens with one attached hydrogen (secondary N) is 2. The van der Waals surface area contributed by atoms with E-state index in [0.29, 0.717) is 12.1 Å². The Balaban J connectivity index is 2.59. The highest BCUT2D eigenvalue weighted by Crippen LogP contribution is 2.09. The number of carboxylic acids is 1. The van der Waals surface area contributed by atoms with Crippen molar-refractivity contribution >= 4 is 17.6 Å². The van der Waals surface area contributed by atoms with E-state index in [1.54, 1.807) is 0 Å². The highest BCUT2D eigenvalue weighted by atomic mass is 16.4. The molecule has 0 saturated carbocycles. The second kappa shape index (κ2) is 6.70. The van der Waals surface area contributed by atoms with Gasteiger partial charge in [0.25, 0.3) is 0 Å². The molecule has 6 nitrogen and oxygen atoms in total. The van der Waals surface area contributed by atoms with Gasteiger partial charge in [0.15, 0.2) is 0 Å². The quantitative estimate of drug-likeness (QED) is 0.704. The van der Waals surface area contributed by atoms with Gasteiger partial charge in [0, 0.05) is 18.7 Å². The van der Waals surface area contributed by atoms with Crippen molar-refractivity contribution in [1.29, 1.82) is 0 Å². The Bertz CT molecular complexity index is 434. The number of hydrogen-bond acceptors (Lipinski definition) is 4. The largest absolute Gasteiger partial charge is 0.478 e. The molecule has 1 aromatic rings. The second-order valence-corrected chi connectivity index (χ2v) is 3.98. The van der Waals surface area contributed by atoms with Gasteiger partial charge in [0.1, 0.15) is 0 Å². The van der Waals surface area contributed by atoms with Crippen LogP contribution in [0.15, 0.2) is 18.5 Å². The molecule has 0 aliphatic rings. The summed E-state index contributed by atoms with van der Waals surface area (Å²) in [6, 6.07) is 1.45. The molecule has 0 bridgehead atoms. The molecular weight excluding hydrogens is 234 g/mol. The molecule has 98 valence electrons. The molecule has 1 rings (SSSR count). The minimum Gasteiger partial charge on any atom is -0.478 e. The molecule has 0 radical (unpaired) electrons. The molecule has 1 heterocycles. The van der Waals surface area contributed by atoms with Gasteiger partial charge in [-0.15, -0.1) is 0 Å². The summed E-state index contributed by atoms with van der Waals surface area (Å²) in [5.74, 6) is -1.24. The molecule has 1 amide bonds. The predicted octanol–water partition coefficient (Wildman–Crippen LogP) is 1.11. The summed E-state index contributed by atoms with van der Waals surface area (Å²) in [4.78, 5) is 26.2. The van der Waals surface area contributed by atoms with Crippen LogP contribution in [0.3, 0.4) is 0 Å². The van der Waals surface area contributed by atoms with E-state index in [9.17, 15) is 9.59 Å². The molecule has 0 spiro atoms. The lowest BCUT2D eigenvalue weighted by Crippen LogP contribution is -2.30. The van der Waals surface area contributed by atoms with Crippen molar-refractivity contribution in [1.82, 2.24) is 10.3 Å². The van der Waals surface area contributed by atoms with E-state index in [2.05, 4.69) is 15.6 Å². The van der Waals surface area contributed by atoms with Crippen molar-refractivity contribution in [2.45, 2.75) is 26.3 Å². The first-order valence-corrected chi connectivity index (χ1v) is 5.74. The van der Waals surface area contributed by atoms with Crippen LogP contribution in [-0.2, 0) is 4.79 Å². The first kappa shape index (κ1) is 14.1. The van der Waals surface area contributed by atoms with Crippen LogP contribution in [-0.4, -0.2) is 34.6 Å².